The van der Waals surface area contributed by atoms with E-state index in [0.29, 0.717) is 13.0 Å². The van der Waals surface area contributed by atoms with E-state index in [1.165, 1.54) is 0 Å². The van der Waals surface area contributed by atoms with Crippen molar-refractivity contribution in [1.82, 2.24) is 0 Å². The normalized spacial score (nSPS) is 26.2. The molecule has 0 saturated carbocycles. The van der Waals surface area contributed by atoms with E-state index in [1.54, 1.807) is 14.2 Å². The first-order valence-corrected chi connectivity index (χ1v) is 7.92. The van der Waals surface area contributed by atoms with Crippen molar-refractivity contribution in [3.63, 3.8) is 0 Å². The zero-order valence-electron chi connectivity index (χ0n) is 14.9. The molecule has 0 heterocycles. The molecule has 4 heteroatoms. The number of benzene rings is 1. The zero-order chi connectivity index (χ0) is 17.3. The van der Waals surface area contributed by atoms with E-state index in [2.05, 4.69) is 13.0 Å². The van der Waals surface area contributed by atoms with Gasteiger partial charge in [-0.05, 0) is 44.9 Å². The molecular weight excluding hydrogens is 292 g/mol. The van der Waals surface area contributed by atoms with Crippen LogP contribution in [0, 0.1) is 12.3 Å². The summed E-state index contributed by atoms with van der Waals surface area (Å²) in [5.41, 5.74) is 0.741. The number of carbonyl (C=O) groups excluding carboxylic acids is 1. The second kappa shape index (κ2) is 6.26. The van der Waals surface area contributed by atoms with Crippen LogP contribution in [0.3, 0.4) is 0 Å². The summed E-state index contributed by atoms with van der Waals surface area (Å²) in [7, 11) is 3.30. The minimum absolute atomic E-state index is 0.186. The fourth-order valence-corrected chi connectivity index (χ4v) is 3.36. The molecule has 1 aliphatic carbocycles. The minimum atomic E-state index is -0.670. The van der Waals surface area contributed by atoms with Crippen molar-refractivity contribution >= 4 is 5.97 Å². The Labute approximate surface area is 138 Å². The Hall–Kier alpha value is -1.97. The second-order valence-electron chi connectivity index (χ2n) is 6.38. The van der Waals surface area contributed by atoms with Gasteiger partial charge in [-0.25, -0.2) is 0 Å². The van der Waals surface area contributed by atoms with E-state index in [0.717, 1.165) is 22.6 Å². The van der Waals surface area contributed by atoms with Gasteiger partial charge in [0.1, 0.15) is 11.5 Å². The van der Waals surface area contributed by atoms with Crippen molar-refractivity contribution in [3.05, 3.63) is 35.4 Å². The molecule has 1 aromatic carbocycles. The summed E-state index contributed by atoms with van der Waals surface area (Å²) in [6, 6.07) is 3.93. The van der Waals surface area contributed by atoms with Gasteiger partial charge in [-0.1, -0.05) is 19.1 Å². The number of carbonyl (C=O) groups is 1. The highest BCUT2D eigenvalue weighted by atomic mass is 16.5. The van der Waals surface area contributed by atoms with E-state index < -0.39 is 10.8 Å². The van der Waals surface area contributed by atoms with E-state index >= 15 is 0 Å². The summed E-state index contributed by atoms with van der Waals surface area (Å²) >= 11 is 0. The molecule has 0 spiro atoms. The molecule has 0 N–H and O–H groups in total. The number of ether oxygens (including phenoxy) is 3. The first kappa shape index (κ1) is 17.4. The zero-order valence-corrected chi connectivity index (χ0v) is 14.9. The molecule has 4 nitrogen and oxygen atoms in total. The second-order valence-corrected chi connectivity index (χ2v) is 6.38. The predicted molar refractivity (Wildman–Crippen MR) is 90.1 cm³/mol. The van der Waals surface area contributed by atoms with Crippen LogP contribution in [0.5, 0.6) is 11.5 Å². The summed E-state index contributed by atoms with van der Waals surface area (Å²) in [5.74, 6) is 1.36. The van der Waals surface area contributed by atoms with Crippen LogP contribution in [0.4, 0.5) is 0 Å². The first-order chi connectivity index (χ1) is 10.8. The van der Waals surface area contributed by atoms with Crippen LogP contribution in [-0.2, 0) is 14.9 Å². The third-order valence-electron chi connectivity index (χ3n) is 5.13. The van der Waals surface area contributed by atoms with Crippen LogP contribution in [0.2, 0.25) is 0 Å². The number of rotatable bonds is 5. The number of methoxy groups -OCH3 is 2. The van der Waals surface area contributed by atoms with Gasteiger partial charge in [0, 0.05) is 11.0 Å². The van der Waals surface area contributed by atoms with Crippen molar-refractivity contribution in [2.45, 2.75) is 39.5 Å². The molecule has 1 aliphatic rings. The quantitative estimate of drug-likeness (QED) is 0.612. The average Bonchev–Trinajstić information content (AvgIpc) is 2.84. The number of hydrogen-bond donors (Lipinski definition) is 0. The molecular formula is C19H26O4. The smallest absolute Gasteiger partial charge is 0.313 e. The van der Waals surface area contributed by atoms with Crippen LogP contribution < -0.4 is 9.47 Å². The third kappa shape index (κ3) is 2.60. The highest BCUT2D eigenvalue weighted by molar-refractivity contribution is 5.81. The summed E-state index contributed by atoms with van der Waals surface area (Å²) < 4.78 is 16.4. The van der Waals surface area contributed by atoms with E-state index in [-0.39, 0.29) is 5.97 Å². The van der Waals surface area contributed by atoms with Crippen LogP contribution in [-0.4, -0.2) is 26.8 Å². The maximum atomic E-state index is 12.6. The minimum Gasteiger partial charge on any atom is -0.496 e. The number of esters is 1. The molecule has 2 rings (SSSR count). The van der Waals surface area contributed by atoms with Crippen LogP contribution in [0.25, 0.3) is 0 Å². The number of hydrogen-bond acceptors (Lipinski definition) is 4. The monoisotopic (exact) mass is 318 g/mol. The maximum absolute atomic E-state index is 12.6. The average molecular weight is 318 g/mol. The van der Waals surface area contributed by atoms with Gasteiger partial charge in [0.05, 0.1) is 26.2 Å². The molecule has 0 saturated heterocycles. The Balaban J connectivity index is 2.62. The summed E-state index contributed by atoms with van der Waals surface area (Å²) in [5, 5.41) is 0. The molecule has 0 radical (unpaired) electrons. The molecule has 0 aliphatic heterocycles. The van der Waals surface area contributed by atoms with E-state index in [4.69, 9.17) is 14.2 Å². The van der Waals surface area contributed by atoms with Crippen LogP contribution in [0.1, 0.15) is 38.3 Å². The van der Waals surface area contributed by atoms with Crippen molar-refractivity contribution in [2.75, 3.05) is 20.8 Å². The molecule has 2 atom stereocenters. The lowest BCUT2D eigenvalue weighted by atomic mass is 9.63. The number of allylic oxidation sites excluding steroid dienone is 2. The van der Waals surface area contributed by atoms with Gasteiger partial charge in [0.15, 0.2) is 0 Å². The van der Waals surface area contributed by atoms with Crippen LogP contribution >= 0.6 is 0 Å². The van der Waals surface area contributed by atoms with Crippen molar-refractivity contribution in [2.24, 2.45) is 5.41 Å². The van der Waals surface area contributed by atoms with Gasteiger partial charge < -0.3 is 14.2 Å². The van der Waals surface area contributed by atoms with E-state index in [9.17, 15) is 4.79 Å². The highest BCUT2D eigenvalue weighted by Crippen LogP contribution is 2.54. The lowest BCUT2D eigenvalue weighted by Gasteiger charge is -2.40. The molecule has 0 amide bonds. The van der Waals surface area contributed by atoms with Crippen LogP contribution in [0.15, 0.2) is 24.3 Å². The van der Waals surface area contributed by atoms with Crippen molar-refractivity contribution < 1.29 is 19.0 Å². The maximum Gasteiger partial charge on any atom is 0.313 e. The van der Waals surface area contributed by atoms with Crippen molar-refractivity contribution in [3.8, 4) is 11.5 Å². The first-order valence-electron chi connectivity index (χ1n) is 7.92. The lowest BCUT2D eigenvalue weighted by Crippen LogP contribution is -2.44. The largest absolute Gasteiger partial charge is 0.496 e. The van der Waals surface area contributed by atoms with Gasteiger partial charge in [-0.15, -0.1) is 0 Å². The third-order valence-corrected chi connectivity index (χ3v) is 5.13. The van der Waals surface area contributed by atoms with Gasteiger partial charge in [0.2, 0.25) is 0 Å². The Morgan fingerprint density at radius 1 is 1.17 bits per heavy atom. The molecule has 23 heavy (non-hydrogen) atoms. The van der Waals surface area contributed by atoms with Gasteiger partial charge in [0.25, 0.3) is 0 Å². The standard InChI is InChI=1S/C19H26O4/c1-7-23-17(20)19(4)10-8-9-18(19,3)14-12-15(21-5)13(2)11-16(14)22-6/h8-9,11-12H,7,10H2,1-6H3/t18-,19+/m0/s1. The summed E-state index contributed by atoms with van der Waals surface area (Å²) in [4.78, 5) is 12.6. The predicted octanol–water partition coefficient (Wildman–Crippen LogP) is 3.80. The Kier molecular flexibility index (Phi) is 4.73. The Bertz CT molecular complexity index is 635. The van der Waals surface area contributed by atoms with E-state index in [1.807, 2.05) is 39.0 Å². The molecule has 0 bridgehead atoms. The summed E-state index contributed by atoms with van der Waals surface area (Å²) in [6.45, 7) is 8.19. The molecule has 0 aromatic heterocycles. The van der Waals surface area contributed by atoms with Gasteiger partial charge >= 0.3 is 5.97 Å². The van der Waals surface area contributed by atoms with Crippen molar-refractivity contribution in [1.29, 1.82) is 0 Å². The molecule has 126 valence electrons. The fraction of sp³-hybridized carbons (Fsp3) is 0.526. The Morgan fingerprint density at radius 2 is 1.83 bits per heavy atom. The number of aryl methyl sites for hydroxylation is 1. The Morgan fingerprint density at radius 3 is 2.39 bits per heavy atom. The van der Waals surface area contributed by atoms with Gasteiger partial charge in [-0.2, -0.15) is 0 Å². The summed E-state index contributed by atoms with van der Waals surface area (Å²) in [6.07, 6.45) is 4.76. The highest BCUT2D eigenvalue weighted by Gasteiger charge is 2.54. The topological polar surface area (TPSA) is 44.8 Å². The van der Waals surface area contributed by atoms with Gasteiger partial charge in [-0.3, -0.25) is 4.79 Å². The fourth-order valence-electron chi connectivity index (χ4n) is 3.36. The molecule has 1 aromatic rings. The lowest BCUT2D eigenvalue weighted by molar-refractivity contribution is -0.156. The molecule has 0 unspecified atom stereocenters. The SMILES string of the molecule is CCOC(=O)[C@@]1(C)CC=C[C@@]1(C)c1cc(OC)c(C)cc1OC. The molecule has 0 fully saturated rings.